The largest absolute Gasteiger partial charge is 0.345 e. The number of nitrogens with one attached hydrogen (secondary N) is 2. The van der Waals surface area contributed by atoms with Crippen LogP contribution >= 0.6 is 0 Å². The number of benzene rings is 4. The van der Waals surface area contributed by atoms with Crippen LogP contribution in [-0.2, 0) is 14.8 Å². The Morgan fingerprint density at radius 2 is 1.30 bits per heavy atom. The van der Waals surface area contributed by atoms with Gasteiger partial charge in [0.1, 0.15) is 6.54 Å². The van der Waals surface area contributed by atoms with Crippen molar-refractivity contribution in [3.05, 3.63) is 126 Å². The zero-order chi connectivity index (χ0) is 28.7. The van der Waals surface area contributed by atoms with Crippen molar-refractivity contribution in [3.63, 3.8) is 0 Å². The smallest absolute Gasteiger partial charge is 0.264 e. The number of para-hydroxylation sites is 1. The molecule has 4 aromatic carbocycles. The molecule has 2 N–H and O–H groups in total. The van der Waals surface area contributed by atoms with Gasteiger partial charge >= 0.3 is 0 Å². The highest BCUT2D eigenvalue weighted by molar-refractivity contribution is 7.92. The van der Waals surface area contributed by atoms with Gasteiger partial charge in [-0.3, -0.25) is 13.9 Å². The van der Waals surface area contributed by atoms with Crippen molar-refractivity contribution >= 4 is 33.2 Å². The van der Waals surface area contributed by atoms with Gasteiger partial charge in [-0.05, 0) is 60.4 Å². The van der Waals surface area contributed by atoms with Crippen molar-refractivity contribution < 1.29 is 18.0 Å². The molecule has 4 aromatic rings. The van der Waals surface area contributed by atoms with E-state index in [1.807, 2.05) is 49.4 Å². The van der Waals surface area contributed by atoms with E-state index in [0.717, 1.165) is 15.4 Å². The molecule has 0 radical (unpaired) electrons. The molecule has 0 aliphatic heterocycles. The summed E-state index contributed by atoms with van der Waals surface area (Å²) in [6.45, 7) is 5.50. The van der Waals surface area contributed by atoms with Crippen LogP contribution < -0.4 is 14.9 Å². The van der Waals surface area contributed by atoms with Gasteiger partial charge in [0.2, 0.25) is 5.91 Å². The highest BCUT2D eigenvalue weighted by atomic mass is 32.2. The monoisotopic (exact) mass is 555 g/mol. The molecule has 4 rings (SSSR count). The molecule has 1 atom stereocenters. The second-order valence-corrected chi connectivity index (χ2v) is 11.6. The zero-order valence-electron chi connectivity index (χ0n) is 22.7. The maximum atomic E-state index is 13.7. The molecule has 0 unspecified atom stereocenters. The van der Waals surface area contributed by atoms with Crippen LogP contribution in [0.25, 0.3) is 0 Å². The van der Waals surface area contributed by atoms with Gasteiger partial charge in [-0.2, -0.15) is 0 Å². The lowest BCUT2D eigenvalue weighted by molar-refractivity contribution is -0.114. The predicted octanol–water partition coefficient (Wildman–Crippen LogP) is 6.14. The van der Waals surface area contributed by atoms with Crippen molar-refractivity contribution in [2.45, 2.75) is 37.6 Å². The fourth-order valence-electron chi connectivity index (χ4n) is 4.27. The molecular formula is C32H33N3O4S. The maximum absolute atomic E-state index is 13.7. The van der Waals surface area contributed by atoms with Crippen LogP contribution in [0.2, 0.25) is 0 Å². The van der Waals surface area contributed by atoms with Crippen molar-refractivity contribution in [3.8, 4) is 0 Å². The van der Waals surface area contributed by atoms with E-state index in [1.165, 1.54) is 12.1 Å². The molecule has 0 heterocycles. The summed E-state index contributed by atoms with van der Waals surface area (Å²) >= 11 is 0. The minimum absolute atomic E-state index is 0.0745. The Labute approximate surface area is 235 Å². The number of amides is 2. The van der Waals surface area contributed by atoms with Crippen LogP contribution in [0.1, 0.15) is 54.2 Å². The number of carbonyl (C=O) groups excluding carboxylic acids is 2. The first-order chi connectivity index (χ1) is 19.2. The average Bonchev–Trinajstić information content (AvgIpc) is 2.97. The summed E-state index contributed by atoms with van der Waals surface area (Å²) in [7, 11) is -4.05. The second-order valence-electron chi connectivity index (χ2n) is 9.77. The van der Waals surface area contributed by atoms with Gasteiger partial charge in [-0.15, -0.1) is 0 Å². The Morgan fingerprint density at radius 1 is 0.725 bits per heavy atom. The zero-order valence-corrected chi connectivity index (χ0v) is 23.6. The van der Waals surface area contributed by atoms with E-state index < -0.39 is 22.5 Å². The third-order valence-electron chi connectivity index (χ3n) is 6.56. The van der Waals surface area contributed by atoms with Crippen LogP contribution in [0, 0.1) is 0 Å². The molecule has 8 heteroatoms. The predicted molar refractivity (Wildman–Crippen MR) is 159 cm³/mol. The molecule has 0 aliphatic rings. The van der Waals surface area contributed by atoms with Gasteiger partial charge in [0, 0.05) is 0 Å². The lowest BCUT2D eigenvalue weighted by atomic mass is 10.0. The van der Waals surface area contributed by atoms with Crippen molar-refractivity contribution in [1.82, 2.24) is 5.32 Å². The molecule has 2 amide bonds. The lowest BCUT2D eigenvalue weighted by Crippen LogP contribution is -2.38. The van der Waals surface area contributed by atoms with E-state index in [4.69, 9.17) is 0 Å². The summed E-state index contributed by atoms with van der Waals surface area (Å²) in [5.41, 5.74) is 2.93. The van der Waals surface area contributed by atoms with Crippen molar-refractivity contribution in [2.75, 3.05) is 16.2 Å². The third kappa shape index (κ3) is 6.76. The minimum Gasteiger partial charge on any atom is -0.345 e. The highest BCUT2D eigenvalue weighted by Gasteiger charge is 2.28. The first-order valence-corrected chi connectivity index (χ1v) is 14.5. The first-order valence-electron chi connectivity index (χ1n) is 13.1. The summed E-state index contributed by atoms with van der Waals surface area (Å²) in [5.74, 6) is -0.669. The molecule has 0 aromatic heterocycles. The maximum Gasteiger partial charge on any atom is 0.264 e. The number of nitrogens with zero attached hydrogens (tertiary/aromatic N) is 1. The number of carbonyl (C=O) groups is 2. The van der Waals surface area contributed by atoms with Gasteiger partial charge in [0.25, 0.3) is 15.9 Å². The fourth-order valence-corrected chi connectivity index (χ4v) is 5.71. The summed E-state index contributed by atoms with van der Waals surface area (Å²) in [4.78, 5) is 26.5. The van der Waals surface area contributed by atoms with E-state index in [9.17, 15) is 18.0 Å². The number of rotatable bonds is 10. The van der Waals surface area contributed by atoms with Gasteiger partial charge in [0.05, 0.1) is 27.9 Å². The molecule has 0 spiro atoms. The van der Waals surface area contributed by atoms with Crippen LogP contribution in [0.4, 0.5) is 11.4 Å². The molecule has 0 bridgehead atoms. The fraction of sp³-hybridized carbons (Fsp3) is 0.188. The molecule has 0 fully saturated rings. The Bertz CT molecular complexity index is 1560. The number of hydrogen-bond acceptors (Lipinski definition) is 4. The SMILES string of the molecule is CC(C)c1ccc(N(CC(=O)Nc2ccccc2C(=O)N[C@@H](C)c2ccccc2)S(=O)(=O)c2ccccc2)cc1. The molecule has 7 nitrogen and oxygen atoms in total. The Balaban J connectivity index is 1.58. The Morgan fingerprint density at radius 3 is 1.93 bits per heavy atom. The number of anilines is 2. The van der Waals surface area contributed by atoms with Crippen LogP contribution in [0.15, 0.2) is 114 Å². The molecule has 0 saturated heterocycles. The third-order valence-corrected chi connectivity index (χ3v) is 8.35. The Hall–Kier alpha value is -4.43. The summed E-state index contributed by atoms with van der Waals surface area (Å²) in [5, 5.41) is 5.71. The molecule has 40 heavy (non-hydrogen) atoms. The van der Waals surface area contributed by atoms with E-state index in [-0.39, 0.29) is 34.0 Å². The van der Waals surface area contributed by atoms with Gasteiger partial charge in [-0.1, -0.05) is 86.6 Å². The Kier molecular flexibility index (Phi) is 9.01. The summed E-state index contributed by atoms with van der Waals surface area (Å²) in [6, 6.07) is 31.1. The van der Waals surface area contributed by atoms with E-state index in [2.05, 4.69) is 24.5 Å². The summed E-state index contributed by atoms with van der Waals surface area (Å²) in [6.07, 6.45) is 0. The van der Waals surface area contributed by atoms with Crippen molar-refractivity contribution in [1.29, 1.82) is 0 Å². The van der Waals surface area contributed by atoms with E-state index in [1.54, 1.807) is 54.6 Å². The standard InChI is InChI=1S/C32H33N3O4S/c1-23(2)25-18-20-27(21-19-25)35(40(38,39)28-14-8-5-9-15-28)22-31(36)34-30-17-11-10-16-29(30)32(37)33-24(3)26-12-6-4-7-13-26/h4-21,23-24H,22H2,1-3H3,(H,33,37)(H,34,36)/t24-/m0/s1. The molecule has 0 saturated carbocycles. The van der Waals surface area contributed by atoms with E-state index >= 15 is 0 Å². The normalized spacial score (nSPS) is 12.0. The lowest BCUT2D eigenvalue weighted by Gasteiger charge is -2.25. The minimum atomic E-state index is -4.05. The van der Waals surface area contributed by atoms with Crippen LogP contribution in [0.5, 0.6) is 0 Å². The van der Waals surface area contributed by atoms with Crippen molar-refractivity contribution in [2.24, 2.45) is 0 Å². The highest BCUT2D eigenvalue weighted by Crippen LogP contribution is 2.26. The number of hydrogen-bond donors (Lipinski definition) is 2. The molecule has 206 valence electrons. The van der Waals surface area contributed by atoms with Crippen LogP contribution in [0.3, 0.4) is 0 Å². The second kappa shape index (κ2) is 12.6. The molecule has 0 aliphatic carbocycles. The van der Waals surface area contributed by atoms with E-state index in [0.29, 0.717) is 5.69 Å². The van der Waals surface area contributed by atoms with Crippen LogP contribution in [-0.4, -0.2) is 26.8 Å². The van der Waals surface area contributed by atoms with Gasteiger partial charge in [-0.25, -0.2) is 8.42 Å². The first kappa shape index (κ1) is 28.6. The topological polar surface area (TPSA) is 95.6 Å². The summed E-state index contributed by atoms with van der Waals surface area (Å²) < 4.78 is 28.4. The van der Waals surface area contributed by atoms with Gasteiger partial charge in [0.15, 0.2) is 0 Å². The average molecular weight is 556 g/mol. The van der Waals surface area contributed by atoms with Gasteiger partial charge < -0.3 is 10.6 Å². The molecular weight excluding hydrogens is 522 g/mol. The quantitative estimate of drug-likeness (QED) is 0.246. The number of sulfonamides is 1.